The Morgan fingerprint density at radius 2 is 2.07 bits per heavy atom. The van der Waals surface area contributed by atoms with E-state index in [4.69, 9.17) is 0 Å². The largest absolute Gasteiger partial charge is 0.379 e. The first-order valence-electron chi connectivity index (χ1n) is 4.96. The van der Waals surface area contributed by atoms with Gasteiger partial charge in [0, 0.05) is 6.54 Å². The fraction of sp³-hybridized carbons (Fsp3) is 0.333. The highest BCUT2D eigenvalue weighted by atomic mass is 16.3. The molecule has 0 radical (unpaired) electrons. The minimum absolute atomic E-state index is 0.393. The van der Waals surface area contributed by atoms with Gasteiger partial charge in [0.05, 0.1) is 0 Å². The molecule has 1 aromatic carbocycles. The van der Waals surface area contributed by atoms with E-state index >= 15 is 0 Å². The lowest BCUT2D eigenvalue weighted by Gasteiger charge is -2.06. The van der Waals surface area contributed by atoms with E-state index in [1.54, 1.807) is 0 Å². The van der Waals surface area contributed by atoms with Gasteiger partial charge < -0.3 is 5.11 Å². The molecular formula is C12H17NO. The van der Waals surface area contributed by atoms with Gasteiger partial charge in [-0.15, -0.1) is 0 Å². The third-order valence-corrected chi connectivity index (χ3v) is 1.97. The molecule has 0 aliphatic carbocycles. The van der Waals surface area contributed by atoms with E-state index < -0.39 is 6.23 Å². The van der Waals surface area contributed by atoms with E-state index in [1.165, 1.54) is 5.56 Å². The minimum Gasteiger partial charge on any atom is -0.379 e. The second-order valence-corrected chi connectivity index (χ2v) is 3.15. The Kier molecular flexibility index (Phi) is 4.97. The van der Waals surface area contributed by atoms with Crippen molar-refractivity contribution in [3.05, 3.63) is 42.0 Å². The van der Waals surface area contributed by atoms with Crippen LogP contribution in [0, 0.1) is 0 Å². The molecule has 0 fully saturated rings. The molecule has 1 unspecified atom stereocenters. The maximum atomic E-state index is 9.21. The molecule has 76 valence electrons. The van der Waals surface area contributed by atoms with Crippen molar-refractivity contribution < 1.29 is 5.11 Å². The summed E-state index contributed by atoms with van der Waals surface area (Å²) in [5.74, 6) is 0. The lowest BCUT2D eigenvalue weighted by Crippen LogP contribution is -2.27. The summed E-state index contributed by atoms with van der Waals surface area (Å²) >= 11 is 0. The van der Waals surface area contributed by atoms with Crippen LogP contribution >= 0.6 is 0 Å². The predicted octanol–water partition coefficient (Wildman–Crippen LogP) is 2.02. The second kappa shape index (κ2) is 6.35. The lowest BCUT2D eigenvalue weighted by molar-refractivity contribution is 0.138. The fourth-order valence-electron chi connectivity index (χ4n) is 1.11. The molecule has 0 aliphatic heterocycles. The topological polar surface area (TPSA) is 32.3 Å². The Hall–Kier alpha value is -1.12. The molecule has 2 nitrogen and oxygen atoms in total. The smallest absolute Gasteiger partial charge is 0.104 e. The van der Waals surface area contributed by atoms with Gasteiger partial charge in [-0.1, -0.05) is 49.4 Å². The van der Waals surface area contributed by atoms with Crippen molar-refractivity contribution >= 4 is 6.08 Å². The molecular weight excluding hydrogens is 174 g/mol. The van der Waals surface area contributed by atoms with Crippen molar-refractivity contribution in [2.75, 3.05) is 6.54 Å². The van der Waals surface area contributed by atoms with Crippen LogP contribution in [0.3, 0.4) is 0 Å². The SMILES string of the molecule is CCC(O)NCC=Cc1ccccc1. The summed E-state index contributed by atoms with van der Waals surface area (Å²) in [5, 5.41) is 12.2. The van der Waals surface area contributed by atoms with Crippen LogP contribution in [0.2, 0.25) is 0 Å². The summed E-state index contributed by atoms with van der Waals surface area (Å²) < 4.78 is 0. The molecule has 0 heterocycles. The molecule has 0 bridgehead atoms. The van der Waals surface area contributed by atoms with E-state index in [0.29, 0.717) is 6.54 Å². The number of nitrogens with one attached hydrogen (secondary N) is 1. The van der Waals surface area contributed by atoms with Gasteiger partial charge in [-0.25, -0.2) is 0 Å². The standard InChI is InChI=1S/C12H17NO/c1-2-12(14)13-10-6-9-11-7-4-3-5-8-11/h3-9,12-14H,2,10H2,1H3. The Morgan fingerprint density at radius 1 is 1.36 bits per heavy atom. The van der Waals surface area contributed by atoms with Gasteiger partial charge in [0.2, 0.25) is 0 Å². The molecule has 2 N–H and O–H groups in total. The van der Waals surface area contributed by atoms with Gasteiger partial charge in [-0.3, -0.25) is 5.32 Å². The van der Waals surface area contributed by atoms with Crippen LogP contribution in [0.25, 0.3) is 6.08 Å². The van der Waals surface area contributed by atoms with Crippen LogP contribution in [0.15, 0.2) is 36.4 Å². The van der Waals surface area contributed by atoms with Crippen molar-refractivity contribution in [1.29, 1.82) is 0 Å². The van der Waals surface area contributed by atoms with Crippen molar-refractivity contribution in [1.82, 2.24) is 5.32 Å². The number of benzene rings is 1. The Morgan fingerprint density at radius 3 is 2.71 bits per heavy atom. The van der Waals surface area contributed by atoms with Crippen LogP contribution in [-0.4, -0.2) is 17.9 Å². The zero-order valence-electron chi connectivity index (χ0n) is 8.48. The lowest BCUT2D eigenvalue weighted by atomic mass is 10.2. The number of rotatable bonds is 5. The maximum absolute atomic E-state index is 9.21. The van der Waals surface area contributed by atoms with Crippen LogP contribution < -0.4 is 5.32 Å². The average molecular weight is 191 g/mol. The normalized spacial score (nSPS) is 13.3. The number of aliphatic hydroxyl groups excluding tert-OH is 1. The predicted molar refractivity (Wildman–Crippen MR) is 59.8 cm³/mol. The fourth-order valence-corrected chi connectivity index (χ4v) is 1.11. The van der Waals surface area contributed by atoms with Gasteiger partial charge in [0.25, 0.3) is 0 Å². The highest BCUT2D eigenvalue weighted by Crippen LogP contribution is 1.99. The molecule has 0 aromatic heterocycles. The van der Waals surface area contributed by atoms with Gasteiger partial charge in [0.1, 0.15) is 6.23 Å². The monoisotopic (exact) mass is 191 g/mol. The third-order valence-electron chi connectivity index (χ3n) is 1.97. The second-order valence-electron chi connectivity index (χ2n) is 3.15. The van der Waals surface area contributed by atoms with Crippen LogP contribution in [-0.2, 0) is 0 Å². The molecule has 0 amide bonds. The Labute approximate surface area is 85.3 Å². The molecule has 0 spiro atoms. The van der Waals surface area contributed by atoms with Gasteiger partial charge >= 0.3 is 0 Å². The van der Waals surface area contributed by atoms with E-state index in [1.807, 2.05) is 49.4 Å². The number of hydrogen-bond donors (Lipinski definition) is 2. The van der Waals surface area contributed by atoms with Gasteiger partial charge in [-0.2, -0.15) is 0 Å². The summed E-state index contributed by atoms with van der Waals surface area (Å²) in [4.78, 5) is 0. The first-order valence-corrected chi connectivity index (χ1v) is 4.96. The summed E-state index contributed by atoms with van der Waals surface area (Å²) in [7, 11) is 0. The zero-order chi connectivity index (χ0) is 10.2. The molecule has 0 aliphatic rings. The molecule has 0 saturated carbocycles. The molecule has 1 aromatic rings. The molecule has 2 heteroatoms. The summed E-state index contributed by atoms with van der Waals surface area (Å²) in [6.45, 7) is 2.64. The first-order chi connectivity index (χ1) is 6.83. The Bertz CT molecular complexity index is 269. The van der Waals surface area contributed by atoms with E-state index in [9.17, 15) is 5.11 Å². The zero-order valence-corrected chi connectivity index (χ0v) is 8.48. The average Bonchev–Trinajstić information content (AvgIpc) is 2.25. The van der Waals surface area contributed by atoms with E-state index in [0.717, 1.165) is 6.42 Å². The molecule has 0 saturated heterocycles. The molecule has 1 atom stereocenters. The highest BCUT2D eigenvalue weighted by molar-refractivity contribution is 5.48. The van der Waals surface area contributed by atoms with Gasteiger partial charge in [-0.05, 0) is 12.0 Å². The quantitative estimate of drug-likeness (QED) is 0.698. The highest BCUT2D eigenvalue weighted by Gasteiger charge is 1.94. The summed E-state index contributed by atoms with van der Waals surface area (Å²) in [6, 6.07) is 10.1. The summed E-state index contributed by atoms with van der Waals surface area (Å²) in [6.07, 6.45) is 4.39. The first kappa shape index (κ1) is 11.0. The van der Waals surface area contributed by atoms with Crippen molar-refractivity contribution in [3.8, 4) is 0 Å². The number of aliphatic hydroxyl groups is 1. The van der Waals surface area contributed by atoms with Crippen LogP contribution in [0.4, 0.5) is 0 Å². The van der Waals surface area contributed by atoms with Crippen molar-refractivity contribution in [2.24, 2.45) is 0 Å². The minimum atomic E-state index is -0.393. The van der Waals surface area contributed by atoms with E-state index in [-0.39, 0.29) is 0 Å². The molecule has 1 rings (SSSR count). The van der Waals surface area contributed by atoms with Crippen LogP contribution in [0.1, 0.15) is 18.9 Å². The van der Waals surface area contributed by atoms with Crippen molar-refractivity contribution in [3.63, 3.8) is 0 Å². The van der Waals surface area contributed by atoms with Crippen molar-refractivity contribution in [2.45, 2.75) is 19.6 Å². The van der Waals surface area contributed by atoms with E-state index in [2.05, 4.69) is 5.32 Å². The third kappa shape index (κ3) is 4.21. The molecule has 14 heavy (non-hydrogen) atoms. The van der Waals surface area contributed by atoms with Crippen LogP contribution in [0.5, 0.6) is 0 Å². The Balaban J connectivity index is 2.28. The maximum Gasteiger partial charge on any atom is 0.104 e. The number of hydrogen-bond acceptors (Lipinski definition) is 2. The van der Waals surface area contributed by atoms with Gasteiger partial charge in [0.15, 0.2) is 0 Å². The summed E-state index contributed by atoms with van der Waals surface area (Å²) in [5.41, 5.74) is 1.18.